The molecule has 0 atom stereocenters. The van der Waals surface area contributed by atoms with Crippen LogP contribution in [0.1, 0.15) is 31.2 Å². The third-order valence-electron chi connectivity index (χ3n) is 3.53. The van der Waals surface area contributed by atoms with Crippen LogP contribution in [0.5, 0.6) is 0 Å². The van der Waals surface area contributed by atoms with Crippen LogP contribution in [0.2, 0.25) is 5.02 Å². The summed E-state index contributed by atoms with van der Waals surface area (Å²) < 4.78 is 19.2. The van der Waals surface area contributed by atoms with Gasteiger partial charge in [-0.3, -0.25) is 0 Å². The second-order valence-electron chi connectivity index (χ2n) is 4.87. The fourth-order valence-corrected chi connectivity index (χ4v) is 2.54. The molecule has 0 bridgehead atoms. The van der Waals surface area contributed by atoms with Crippen LogP contribution >= 0.6 is 11.6 Å². The maximum Gasteiger partial charge on any atom is 0.128 e. The Balaban J connectivity index is 1.83. The fraction of sp³-hybridized carbons (Fsp3) is 0.571. The van der Waals surface area contributed by atoms with Crippen molar-refractivity contribution < 1.29 is 14.2 Å². The van der Waals surface area contributed by atoms with E-state index in [0.717, 1.165) is 25.7 Å². The van der Waals surface area contributed by atoms with E-state index in [1.807, 2.05) is 0 Å². The minimum Gasteiger partial charge on any atom is -0.396 e. The van der Waals surface area contributed by atoms with Crippen molar-refractivity contribution in [3.8, 4) is 0 Å². The monoisotopic (exact) mass is 272 g/mol. The van der Waals surface area contributed by atoms with Gasteiger partial charge in [-0.2, -0.15) is 0 Å². The number of aliphatic hydroxyl groups is 1. The molecular weight excluding hydrogens is 255 g/mol. The van der Waals surface area contributed by atoms with Crippen molar-refractivity contribution in [1.29, 1.82) is 0 Å². The van der Waals surface area contributed by atoms with Gasteiger partial charge in [0.1, 0.15) is 5.82 Å². The summed E-state index contributed by atoms with van der Waals surface area (Å²) in [5, 5.41) is 9.57. The summed E-state index contributed by atoms with van der Waals surface area (Å²) in [4.78, 5) is 0. The van der Waals surface area contributed by atoms with Gasteiger partial charge in [0.25, 0.3) is 0 Å². The third kappa shape index (κ3) is 3.67. The van der Waals surface area contributed by atoms with Gasteiger partial charge in [0.2, 0.25) is 0 Å². The highest BCUT2D eigenvalue weighted by Gasteiger charge is 2.21. The molecule has 0 spiro atoms. The Hall–Kier alpha value is -0.640. The molecule has 1 saturated carbocycles. The van der Waals surface area contributed by atoms with Gasteiger partial charge in [0, 0.05) is 17.2 Å². The van der Waals surface area contributed by atoms with Gasteiger partial charge in [0.15, 0.2) is 0 Å². The van der Waals surface area contributed by atoms with Crippen molar-refractivity contribution >= 4 is 11.6 Å². The van der Waals surface area contributed by atoms with Gasteiger partial charge in [0.05, 0.1) is 12.7 Å². The van der Waals surface area contributed by atoms with E-state index < -0.39 is 0 Å². The Bertz CT molecular complexity index is 389. The predicted octanol–water partition coefficient (Wildman–Crippen LogP) is 3.55. The van der Waals surface area contributed by atoms with E-state index in [-0.39, 0.29) is 25.1 Å². The lowest BCUT2D eigenvalue weighted by Gasteiger charge is -2.27. The average molecular weight is 273 g/mol. The maximum atomic E-state index is 13.5. The van der Waals surface area contributed by atoms with Gasteiger partial charge >= 0.3 is 0 Å². The van der Waals surface area contributed by atoms with Gasteiger partial charge < -0.3 is 9.84 Å². The molecule has 0 saturated heterocycles. The van der Waals surface area contributed by atoms with E-state index in [2.05, 4.69) is 0 Å². The first kappa shape index (κ1) is 13.8. The second kappa shape index (κ2) is 6.50. The average Bonchev–Trinajstić information content (AvgIpc) is 2.40. The molecule has 1 aliphatic rings. The van der Waals surface area contributed by atoms with Crippen molar-refractivity contribution in [2.75, 3.05) is 6.61 Å². The van der Waals surface area contributed by atoms with Crippen molar-refractivity contribution in [2.45, 2.75) is 38.4 Å². The molecule has 0 unspecified atom stereocenters. The first-order chi connectivity index (χ1) is 8.69. The Morgan fingerprint density at radius 3 is 2.67 bits per heavy atom. The zero-order valence-electron chi connectivity index (χ0n) is 10.2. The summed E-state index contributed by atoms with van der Waals surface area (Å²) >= 11 is 5.83. The van der Waals surface area contributed by atoms with E-state index in [1.54, 1.807) is 6.07 Å². The van der Waals surface area contributed by atoms with Crippen molar-refractivity contribution in [2.24, 2.45) is 5.92 Å². The molecule has 1 N–H and O–H groups in total. The number of hydrogen-bond acceptors (Lipinski definition) is 2. The quantitative estimate of drug-likeness (QED) is 0.908. The Kier molecular flexibility index (Phi) is 4.98. The molecular formula is C14H18ClFO2. The van der Waals surface area contributed by atoms with Crippen LogP contribution < -0.4 is 0 Å². The van der Waals surface area contributed by atoms with Crippen LogP contribution in [0.15, 0.2) is 18.2 Å². The van der Waals surface area contributed by atoms with Gasteiger partial charge in [-0.05, 0) is 49.8 Å². The number of benzene rings is 1. The molecule has 1 aromatic carbocycles. The minimum absolute atomic E-state index is 0.172. The molecule has 1 aliphatic carbocycles. The molecule has 1 fully saturated rings. The van der Waals surface area contributed by atoms with E-state index in [9.17, 15) is 4.39 Å². The summed E-state index contributed by atoms with van der Waals surface area (Å²) in [7, 11) is 0. The second-order valence-corrected chi connectivity index (χ2v) is 5.31. The highest BCUT2D eigenvalue weighted by Crippen LogP contribution is 2.27. The van der Waals surface area contributed by atoms with Crippen LogP contribution in [0.4, 0.5) is 4.39 Å². The van der Waals surface area contributed by atoms with Crippen molar-refractivity contribution in [1.82, 2.24) is 0 Å². The third-order valence-corrected chi connectivity index (χ3v) is 3.77. The van der Waals surface area contributed by atoms with E-state index in [0.29, 0.717) is 16.5 Å². The molecule has 2 nitrogen and oxygen atoms in total. The van der Waals surface area contributed by atoms with Gasteiger partial charge in [-0.1, -0.05) is 11.6 Å². The first-order valence-corrected chi connectivity index (χ1v) is 6.73. The van der Waals surface area contributed by atoms with Crippen molar-refractivity contribution in [3.05, 3.63) is 34.6 Å². The number of ether oxygens (including phenoxy) is 1. The van der Waals surface area contributed by atoms with E-state index >= 15 is 0 Å². The van der Waals surface area contributed by atoms with Crippen LogP contribution in [-0.2, 0) is 11.3 Å². The molecule has 4 heteroatoms. The van der Waals surface area contributed by atoms with Crippen LogP contribution in [0, 0.1) is 11.7 Å². The molecule has 0 amide bonds. The molecule has 0 heterocycles. The standard InChI is InChI=1S/C14H18ClFO2/c15-12-3-6-14(16)11(7-12)9-18-13-4-1-10(8-17)2-5-13/h3,6-7,10,13,17H,1-2,4-5,8-9H2. The zero-order chi connectivity index (χ0) is 13.0. The fourth-order valence-electron chi connectivity index (χ4n) is 2.34. The predicted molar refractivity (Wildman–Crippen MR) is 69.0 cm³/mol. The summed E-state index contributed by atoms with van der Waals surface area (Å²) in [6, 6.07) is 4.51. The largest absolute Gasteiger partial charge is 0.396 e. The van der Waals surface area contributed by atoms with E-state index in [4.69, 9.17) is 21.4 Å². The molecule has 1 aromatic rings. The molecule has 0 aliphatic heterocycles. The highest BCUT2D eigenvalue weighted by molar-refractivity contribution is 6.30. The SMILES string of the molecule is OCC1CCC(OCc2cc(Cl)ccc2F)CC1. The minimum atomic E-state index is -0.275. The smallest absolute Gasteiger partial charge is 0.128 e. The number of halogens is 2. The summed E-state index contributed by atoms with van der Waals surface area (Å²) in [6.45, 7) is 0.524. The number of aliphatic hydroxyl groups excluding tert-OH is 1. The van der Waals surface area contributed by atoms with Crippen molar-refractivity contribution in [3.63, 3.8) is 0 Å². The molecule has 0 aromatic heterocycles. The van der Waals surface area contributed by atoms with Gasteiger partial charge in [-0.15, -0.1) is 0 Å². The summed E-state index contributed by atoms with van der Waals surface area (Å²) in [5.74, 6) is 0.135. The molecule has 2 rings (SSSR count). The lowest BCUT2D eigenvalue weighted by atomic mass is 9.88. The Morgan fingerprint density at radius 1 is 1.28 bits per heavy atom. The van der Waals surface area contributed by atoms with Gasteiger partial charge in [-0.25, -0.2) is 4.39 Å². The van der Waals surface area contributed by atoms with Crippen LogP contribution in [0.25, 0.3) is 0 Å². The van der Waals surface area contributed by atoms with E-state index in [1.165, 1.54) is 12.1 Å². The zero-order valence-corrected chi connectivity index (χ0v) is 11.0. The normalized spacial score (nSPS) is 24.2. The topological polar surface area (TPSA) is 29.5 Å². The van der Waals surface area contributed by atoms with Crippen LogP contribution in [-0.4, -0.2) is 17.8 Å². The Labute approximate surface area is 112 Å². The highest BCUT2D eigenvalue weighted by atomic mass is 35.5. The molecule has 18 heavy (non-hydrogen) atoms. The first-order valence-electron chi connectivity index (χ1n) is 6.35. The maximum absolute atomic E-state index is 13.5. The summed E-state index contributed by atoms with van der Waals surface area (Å²) in [6.07, 6.45) is 4.02. The lowest BCUT2D eigenvalue weighted by Crippen LogP contribution is -2.23. The lowest BCUT2D eigenvalue weighted by molar-refractivity contribution is 0.000154. The van der Waals surface area contributed by atoms with Crippen LogP contribution in [0.3, 0.4) is 0 Å². The summed E-state index contributed by atoms with van der Waals surface area (Å²) in [5.41, 5.74) is 0.506. The Morgan fingerprint density at radius 2 is 2.00 bits per heavy atom. The molecule has 0 radical (unpaired) electrons. The number of hydrogen-bond donors (Lipinski definition) is 1. The molecule has 100 valence electrons. The number of rotatable bonds is 4.